The lowest BCUT2D eigenvalue weighted by atomic mass is 10.1. The molecule has 1 aromatic carbocycles. The van der Waals surface area contributed by atoms with E-state index in [-0.39, 0.29) is 0 Å². The zero-order chi connectivity index (χ0) is 13.7. The van der Waals surface area contributed by atoms with E-state index in [2.05, 4.69) is 10.1 Å². The molecule has 6 heteroatoms. The minimum Gasteiger partial charge on any atom is -0.485 e. The minimum atomic E-state index is 0.382. The zero-order valence-electron chi connectivity index (χ0n) is 10.8. The molecule has 1 aromatic heterocycles. The van der Waals surface area contributed by atoms with Gasteiger partial charge >= 0.3 is 0 Å². The number of nitrogens with zero attached hydrogens (tertiary/aromatic N) is 3. The van der Waals surface area contributed by atoms with Crippen molar-refractivity contribution in [1.29, 1.82) is 0 Å². The molecular formula is C13H17ClN4O. The van der Waals surface area contributed by atoms with Crippen LogP contribution in [0.15, 0.2) is 24.5 Å². The van der Waals surface area contributed by atoms with E-state index < -0.39 is 0 Å². The van der Waals surface area contributed by atoms with Crippen LogP contribution >= 0.6 is 11.6 Å². The van der Waals surface area contributed by atoms with Gasteiger partial charge in [0.15, 0.2) is 5.82 Å². The summed E-state index contributed by atoms with van der Waals surface area (Å²) in [4.78, 5) is 4.17. The second-order valence-electron chi connectivity index (χ2n) is 4.07. The van der Waals surface area contributed by atoms with E-state index in [1.54, 1.807) is 10.7 Å². The molecule has 2 rings (SSSR count). The Balaban J connectivity index is 2.10. The molecule has 0 bridgehead atoms. The van der Waals surface area contributed by atoms with Crippen molar-refractivity contribution in [2.75, 3.05) is 6.54 Å². The van der Waals surface area contributed by atoms with E-state index in [0.29, 0.717) is 18.2 Å². The smallest absolute Gasteiger partial charge is 0.164 e. The quantitative estimate of drug-likeness (QED) is 0.879. The van der Waals surface area contributed by atoms with Crippen molar-refractivity contribution in [1.82, 2.24) is 14.8 Å². The highest BCUT2D eigenvalue weighted by molar-refractivity contribution is 6.30. The molecule has 0 saturated heterocycles. The first-order valence-corrected chi connectivity index (χ1v) is 6.60. The topological polar surface area (TPSA) is 66.0 Å². The monoisotopic (exact) mass is 280 g/mol. The number of halogens is 1. The predicted molar refractivity (Wildman–Crippen MR) is 74.2 cm³/mol. The van der Waals surface area contributed by atoms with Crippen LogP contribution in [0.3, 0.4) is 0 Å². The lowest BCUT2D eigenvalue weighted by Gasteiger charge is -2.11. The first kappa shape index (κ1) is 13.8. The molecular weight excluding hydrogens is 264 g/mol. The van der Waals surface area contributed by atoms with Gasteiger partial charge in [0.2, 0.25) is 0 Å². The Bertz CT molecular complexity index is 541. The summed E-state index contributed by atoms with van der Waals surface area (Å²) in [5.74, 6) is 1.59. The van der Waals surface area contributed by atoms with E-state index in [4.69, 9.17) is 22.1 Å². The van der Waals surface area contributed by atoms with E-state index in [1.807, 2.05) is 19.1 Å². The number of hydrogen-bond donors (Lipinski definition) is 1. The summed E-state index contributed by atoms with van der Waals surface area (Å²) in [7, 11) is 0. The van der Waals surface area contributed by atoms with Crippen LogP contribution in [0.25, 0.3) is 0 Å². The van der Waals surface area contributed by atoms with Crippen LogP contribution in [0, 0.1) is 0 Å². The Hall–Kier alpha value is -1.59. The molecule has 0 aliphatic rings. The van der Waals surface area contributed by atoms with Gasteiger partial charge in [-0.05, 0) is 43.7 Å². The van der Waals surface area contributed by atoms with E-state index in [9.17, 15) is 0 Å². The van der Waals surface area contributed by atoms with Crippen molar-refractivity contribution in [3.05, 3.63) is 40.9 Å². The van der Waals surface area contributed by atoms with Gasteiger partial charge in [0.1, 0.15) is 18.7 Å². The largest absolute Gasteiger partial charge is 0.485 e. The molecule has 0 fully saturated rings. The highest BCUT2D eigenvalue weighted by Gasteiger charge is 2.07. The van der Waals surface area contributed by atoms with Crippen molar-refractivity contribution in [3.63, 3.8) is 0 Å². The Morgan fingerprint density at radius 1 is 1.42 bits per heavy atom. The fraction of sp³-hybridized carbons (Fsp3) is 0.385. The van der Waals surface area contributed by atoms with Gasteiger partial charge < -0.3 is 10.5 Å². The average Bonchev–Trinajstić information content (AvgIpc) is 2.85. The van der Waals surface area contributed by atoms with Gasteiger partial charge in [-0.15, -0.1) is 0 Å². The van der Waals surface area contributed by atoms with Crippen molar-refractivity contribution in [2.24, 2.45) is 5.73 Å². The molecule has 0 amide bonds. The van der Waals surface area contributed by atoms with Crippen LogP contribution < -0.4 is 10.5 Å². The number of benzene rings is 1. The fourth-order valence-corrected chi connectivity index (χ4v) is 2.04. The first-order chi connectivity index (χ1) is 9.24. The first-order valence-electron chi connectivity index (χ1n) is 6.22. The Labute approximate surface area is 117 Å². The number of nitrogens with two attached hydrogens (primary N) is 1. The van der Waals surface area contributed by atoms with Gasteiger partial charge in [0, 0.05) is 11.6 Å². The predicted octanol–water partition coefficient (Wildman–Crippen LogP) is 2.03. The lowest BCUT2D eigenvalue weighted by Crippen LogP contribution is -2.09. The van der Waals surface area contributed by atoms with Crippen molar-refractivity contribution < 1.29 is 4.74 Å². The summed E-state index contributed by atoms with van der Waals surface area (Å²) in [6.45, 7) is 3.73. The standard InChI is InChI=1S/C13H17ClN4O/c1-2-18-13(16-9-17-18)8-19-12-4-3-11(14)7-10(12)5-6-15/h3-4,7,9H,2,5-6,8,15H2,1H3. The SMILES string of the molecule is CCn1ncnc1COc1ccc(Cl)cc1CCN. The molecule has 0 atom stereocenters. The van der Waals surface area contributed by atoms with Gasteiger partial charge in [0.25, 0.3) is 0 Å². The number of hydrogen-bond acceptors (Lipinski definition) is 4. The van der Waals surface area contributed by atoms with Crippen molar-refractivity contribution in [2.45, 2.75) is 26.5 Å². The molecule has 0 radical (unpaired) electrons. The number of rotatable bonds is 6. The van der Waals surface area contributed by atoms with Crippen LogP contribution in [0.2, 0.25) is 5.02 Å². The van der Waals surface area contributed by atoms with Crippen LogP contribution in [0.4, 0.5) is 0 Å². The van der Waals surface area contributed by atoms with Crippen LogP contribution in [0.5, 0.6) is 5.75 Å². The summed E-state index contributed by atoms with van der Waals surface area (Å²) < 4.78 is 7.60. The number of aromatic nitrogens is 3. The molecule has 102 valence electrons. The van der Waals surface area contributed by atoms with Crippen molar-refractivity contribution >= 4 is 11.6 Å². The molecule has 0 unspecified atom stereocenters. The van der Waals surface area contributed by atoms with Crippen LogP contribution in [-0.2, 0) is 19.6 Å². The van der Waals surface area contributed by atoms with E-state index in [0.717, 1.165) is 30.1 Å². The number of ether oxygens (including phenoxy) is 1. The molecule has 5 nitrogen and oxygen atoms in total. The van der Waals surface area contributed by atoms with Crippen LogP contribution in [0.1, 0.15) is 18.3 Å². The summed E-state index contributed by atoms with van der Waals surface area (Å²) in [5, 5.41) is 4.79. The molecule has 0 saturated carbocycles. The molecule has 0 aliphatic heterocycles. The van der Waals surface area contributed by atoms with Gasteiger partial charge in [-0.2, -0.15) is 5.10 Å². The second-order valence-corrected chi connectivity index (χ2v) is 4.51. The fourth-order valence-electron chi connectivity index (χ4n) is 1.85. The van der Waals surface area contributed by atoms with Crippen molar-refractivity contribution in [3.8, 4) is 5.75 Å². The Kier molecular flexibility index (Phi) is 4.76. The third kappa shape index (κ3) is 3.45. The van der Waals surface area contributed by atoms with Gasteiger partial charge in [0.05, 0.1) is 0 Å². The van der Waals surface area contributed by atoms with Gasteiger partial charge in [-0.1, -0.05) is 11.6 Å². The summed E-state index contributed by atoms with van der Waals surface area (Å²) in [5.41, 5.74) is 6.60. The molecule has 0 aliphatic carbocycles. The summed E-state index contributed by atoms with van der Waals surface area (Å²) >= 11 is 5.98. The van der Waals surface area contributed by atoms with E-state index in [1.165, 1.54) is 6.33 Å². The minimum absolute atomic E-state index is 0.382. The molecule has 1 heterocycles. The maximum absolute atomic E-state index is 5.98. The summed E-state index contributed by atoms with van der Waals surface area (Å²) in [6.07, 6.45) is 2.27. The maximum atomic E-state index is 5.98. The highest BCUT2D eigenvalue weighted by Crippen LogP contribution is 2.23. The summed E-state index contributed by atoms with van der Waals surface area (Å²) in [6, 6.07) is 5.55. The Morgan fingerprint density at radius 3 is 3.00 bits per heavy atom. The molecule has 2 N–H and O–H groups in total. The normalized spacial score (nSPS) is 10.7. The third-order valence-corrected chi connectivity index (χ3v) is 3.02. The zero-order valence-corrected chi connectivity index (χ0v) is 11.6. The van der Waals surface area contributed by atoms with Crippen LogP contribution in [-0.4, -0.2) is 21.3 Å². The molecule has 19 heavy (non-hydrogen) atoms. The second kappa shape index (κ2) is 6.54. The van der Waals surface area contributed by atoms with Gasteiger partial charge in [-0.3, -0.25) is 0 Å². The lowest BCUT2D eigenvalue weighted by molar-refractivity contribution is 0.284. The van der Waals surface area contributed by atoms with Gasteiger partial charge in [-0.25, -0.2) is 9.67 Å². The number of aryl methyl sites for hydroxylation is 1. The molecule has 2 aromatic rings. The molecule has 0 spiro atoms. The highest BCUT2D eigenvalue weighted by atomic mass is 35.5. The maximum Gasteiger partial charge on any atom is 0.164 e. The van der Waals surface area contributed by atoms with E-state index >= 15 is 0 Å². The third-order valence-electron chi connectivity index (χ3n) is 2.79. The average molecular weight is 281 g/mol. The Morgan fingerprint density at radius 2 is 2.26 bits per heavy atom.